The molecule has 108 valence electrons. The van der Waals surface area contributed by atoms with Crippen LogP contribution in [0.5, 0.6) is 11.6 Å². The standard InChI is InChI=1S/C14H14N4O3/c1-9(19)15-12-8-13(18-14(17-12)16-10(2)20)21-11-6-4-3-5-7-11/h3-8H,1-2H3,(H2,15,16,17,18,19,20). The summed E-state index contributed by atoms with van der Waals surface area (Å²) in [4.78, 5) is 30.3. The number of rotatable bonds is 4. The topological polar surface area (TPSA) is 93.2 Å². The van der Waals surface area contributed by atoms with Crippen molar-refractivity contribution in [2.45, 2.75) is 13.8 Å². The maximum atomic E-state index is 11.1. The van der Waals surface area contributed by atoms with Crippen LogP contribution >= 0.6 is 0 Å². The van der Waals surface area contributed by atoms with Crippen LogP contribution in [-0.2, 0) is 9.59 Å². The minimum atomic E-state index is -0.319. The van der Waals surface area contributed by atoms with Crippen LogP contribution in [0.25, 0.3) is 0 Å². The normalized spacial score (nSPS) is 9.81. The molecule has 2 aromatic rings. The van der Waals surface area contributed by atoms with Crippen LogP contribution in [0.1, 0.15) is 13.8 Å². The van der Waals surface area contributed by atoms with Crippen molar-refractivity contribution in [1.29, 1.82) is 0 Å². The molecule has 1 aromatic carbocycles. The Morgan fingerprint density at radius 1 is 1.00 bits per heavy atom. The smallest absolute Gasteiger partial charge is 0.234 e. The molecule has 7 heteroatoms. The molecular weight excluding hydrogens is 272 g/mol. The van der Waals surface area contributed by atoms with E-state index in [1.165, 1.54) is 19.9 Å². The molecule has 0 atom stereocenters. The van der Waals surface area contributed by atoms with Gasteiger partial charge in [-0.05, 0) is 12.1 Å². The summed E-state index contributed by atoms with van der Waals surface area (Å²) in [5.74, 6) is 0.489. The van der Waals surface area contributed by atoms with Gasteiger partial charge in [0.15, 0.2) is 0 Å². The van der Waals surface area contributed by atoms with Gasteiger partial charge >= 0.3 is 0 Å². The van der Waals surface area contributed by atoms with Gasteiger partial charge in [0.25, 0.3) is 0 Å². The summed E-state index contributed by atoms with van der Waals surface area (Å²) in [6.45, 7) is 2.70. The zero-order valence-electron chi connectivity index (χ0n) is 11.6. The Morgan fingerprint density at radius 2 is 1.67 bits per heavy atom. The van der Waals surface area contributed by atoms with Crippen molar-refractivity contribution in [2.24, 2.45) is 0 Å². The number of aromatic nitrogens is 2. The monoisotopic (exact) mass is 286 g/mol. The third kappa shape index (κ3) is 4.57. The number of hydrogen-bond acceptors (Lipinski definition) is 5. The van der Waals surface area contributed by atoms with E-state index in [4.69, 9.17) is 4.74 Å². The molecule has 0 unspecified atom stereocenters. The maximum Gasteiger partial charge on any atom is 0.234 e. The second kappa shape index (κ2) is 6.47. The SMILES string of the molecule is CC(=O)Nc1cc(Oc2ccccc2)nc(NC(C)=O)n1. The van der Waals surface area contributed by atoms with Crippen LogP contribution in [0.3, 0.4) is 0 Å². The highest BCUT2D eigenvalue weighted by atomic mass is 16.5. The zero-order valence-corrected chi connectivity index (χ0v) is 11.6. The predicted molar refractivity (Wildman–Crippen MR) is 77.2 cm³/mol. The third-order valence-electron chi connectivity index (χ3n) is 2.26. The molecule has 21 heavy (non-hydrogen) atoms. The highest BCUT2D eigenvalue weighted by molar-refractivity contribution is 5.89. The van der Waals surface area contributed by atoms with Crippen LogP contribution in [0, 0.1) is 0 Å². The Morgan fingerprint density at radius 3 is 2.29 bits per heavy atom. The van der Waals surface area contributed by atoms with Crippen molar-refractivity contribution in [3.05, 3.63) is 36.4 Å². The van der Waals surface area contributed by atoms with Gasteiger partial charge in [0.1, 0.15) is 11.6 Å². The molecule has 0 spiro atoms. The van der Waals surface area contributed by atoms with E-state index in [1.54, 1.807) is 12.1 Å². The zero-order chi connectivity index (χ0) is 15.2. The maximum absolute atomic E-state index is 11.1. The number of benzene rings is 1. The van der Waals surface area contributed by atoms with E-state index in [2.05, 4.69) is 20.6 Å². The lowest BCUT2D eigenvalue weighted by Crippen LogP contribution is -2.13. The minimum absolute atomic E-state index is 0.0553. The first-order valence-corrected chi connectivity index (χ1v) is 6.20. The molecule has 0 aliphatic rings. The Hall–Kier alpha value is -2.96. The van der Waals surface area contributed by atoms with Gasteiger partial charge in [0.05, 0.1) is 0 Å². The van der Waals surface area contributed by atoms with E-state index >= 15 is 0 Å². The summed E-state index contributed by atoms with van der Waals surface area (Å²) in [7, 11) is 0. The van der Waals surface area contributed by atoms with Crippen LogP contribution < -0.4 is 15.4 Å². The molecule has 0 radical (unpaired) electrons. The van der Waals surface area contributed by atoms with Crippen molar-refractivity contribution in [1.82, 2.24) is 9.97 Å². The van der Waals surface area contributed by atoms with Crippen LogP contribution in [-0.4, -0.2) is 21.8 Å². The lowest BCUT2D eigenvalue weighted by Gasteiger charge is -2.09. The molecule has 7 nitrogen and oxygen atoms in total. The number of carbonyl (C=O) groups is 2. The van der Waals surface area contributed by atoms with Crippen molar-refractivity contribution in [2.75, 3.05) is 10.6 Å². The van der Waals surface area contributed by atoms with Crippen molar-refractivity contribution >= 4 is 23.6 Å². The summed E-state index contributed by atoms with van der Waals surface area (Å²) in [5, 5.41) is 4.98. The van der Waals surface area contributed by atoms with E-state index in [0.29, 0.717) is 5.75 Å². The number of anilines is 2. The van der Waals surface area contributed by atoms with E-state index in [1.807, 2.05) is 18.2 Å². The van der Waals surface area contributed by atoms with Gasteiger partial charge in [0.2, 0.25) is 23.6 Å². The molecule has 0 aliphatic heterocycles. The second-order valence-corrected chi connectivity index (χ2v) is 4.19. The van der Waals surface area contributed by atoms with Gasteiger partial charge in [0, 0.05) is 19.9 Å². The number of nitrogens with one attached hydrogen (secondary N) is 2. The Balaban J connectivity index is 2.30. The highest BCUT2D eigenvalue weighted by Crippen LogP contribution is 2.22. The Kier molecular flexibility index (Phi) is 4.45. The fourth-order valence-corrected chi connectivity index (χ4v) is 1.54. The molecule has 1 aromatic heterocycles. The molecule has 0 saturated heterocycles. The molecule has 0 fully saturated rings. The molecule has 2 amide bonds. The van der Waals surface area contributed by atoms with Crippen LogP contribution in [0.2, 0.25) is 0 Å². The van der Waals surface area contributed by atoms with Crippen molar-refractivity contribution < 1.29 is 14.3 Å². The number of para-hydroxylation sites is 1. The largest absolute Gasteiger partial charge is 0.439 e. The first-order valence-electron chi connectivity index (χ1n) is 6.20. The summed E-state index contributed by atoms with van der Waals surface area (Å²) in [5.41, 5.74) is 0. The summed E-state index contributed by atoms with van der Waals surface area (Å²) in [6, 6.07) is 10.5. The summed E-state index contributed by atoms with van der Waals surface area (Å²) >= 11 is 0. The fraction of sp³-hybridized carbons (Fsp3) is 0.143. The molecule has 0 bridgehead atoms. The molecule has 0 aliphatic carbocycles. The van der Waals surface area contributed by atoms with Crippen LogP contribution in [0.15, 0.2) is 36.4 Å². The molecular formula is C14H14N4O3. The predicted octanol–water partition coefficient (Wildman–Crippen LogP) is 2.19. The average molecular weight is 286 g/mol. The quantitative estimate of drug-likeness (QED) is 0.898. The van der Waals surface area contributed by atoms with Gasteiger partial charge in [-0.3, -0.25) is 14.9 Å². The number of amides is 2. The van der Waals surface area contributed by atoms with Gasteiger partial charge in [-0.15, -0.1) is 0 Å². The van der Waals surface area contributed by atoms with E-state index < -0.39 is 0 Å². The average Bonchev–Trinajstić information content (AvgIpc) is 2.37. The minimum Gasteiger partial charge on any atom is -0.439 e. The number of hydrogen-bond donors (Lipinski definition) is 2. The van der Waals surface area contributed by atoms with Gasteiger partial charge in [-0.25, -0.2) is 0 Å². The van der Waals surface area contributed by atoms with Gasteiger partial charge < -0.3 is 10.1 Å². The molecule has 1 heterocycles. The van der Waals surface area contributed by atoms with Crippen molar-refractivity contribution in [3.63, 3.8) is 0 Å². The van der Waals surface area contributed by atoms with E-state index in [-0.39, 0.29) is 29.5 Å². The third-order valence-corrected chi connectivity index (χ3v) is 2.26. The Bertz CT molecular complexity index is 624. The van der Waals surface area contributed by atoms with E-state index in [9.17, 15) is 9.59 Å². The number of carbonyl (C=O) groups excluding carboxylic acids is 2. The number of ether oxygens (including phenoxy) is 1. The summed E-state index contributed by atoms with van der Waals surface area (Å²) < 4.78 is 5.57. The van der Waals surface area contributed by atoms with Crippen LogP contribution in [0.4, 0.5) is 11.8 Å². The number of nitrogens with zero attached hydrogens (tertiary/aromatic N) is 2. The second-order valence-electron chi connectivity index (χ2n) is 4.19. The van der Waals surface area contributed by atoms with Gasteiger partial charge in [-0.1, -0.05) is 18.2 Å². The fourth-order valence-electron chi connectivity index (χ4n) is 1.54. The highest BCUT2D eigenvalue weighted by Gasteiger charge is 2.09. The van der Waals surface area contributed by atoms with E-state index in [0.717, 1.165) is 0 Å². The first kappa shape index (κ1) is 14.4. The summed E-state index contributed by atoms with van der Waals surface area (Å²) in [6.07, 6.45) is 0. The molecule has 0 saturated carbocycles. The van der Waals surface area contributed by atoms with Crippen molar-refractivity contribution in [3.8, 4) is 11.6 Å². The lowest BCUT2D eigenvalue weighted by molar-refractivity contribution is -0.115. The first-order chi connectivity index (χ1) is 10.0. The lowest BCUT2D eigenvalue weighted by atomic mass is 10.3. The van der Waals surface area contributed by atoms with Gasteiger partial charge in [-0.2, -0.15) is 9.97 Å². The molecule has 2 rings (SSSR count). The Labute approximate surface area is 121 Å². The molecule has 2 N–H and O–H groups in total.